The molecule has 0 amide bonds. The van der Waals surface area contributed by atoms with Crippen molar-refractivity contribution in [3.8, 4) is 21.8 Å². The zero-order valence-electron chi connectivity index (χ0n) is 9.88. The first-order chi connectivity index (χ1) is 8.74. The molecular formula is C14H12N2OS. The van der Waals surface area contributed by atoms with Crippen molar-refractivity contribution >= 4 is 16.3 Å². The molecule has 0 aliphatic heterocycles. The van der Waals surface area contributed by atoms with Crippen molar-refractivity contribution in [1.29, 1.82) is 0 Å². The van der Waals surface area contributed by atoms with E-state index in [4.69, 9.17) is 10.3 Å². The van der Waals surface area contributed by atoms with Crippen molar-refractivity contribution in [1.82, 2.24) is 5.16 Å². The van der Waals surface area contributed by atoms with Crippen LogP contribution < -0.4 is 5.73 Å². The Bertz CT molecular complexity index is 671. The number of aromatic nitrogens is 1. The summed E-state index contributed by atoms with van der Waals surface area (Å²) in [6.07, 6.45) is 1.65. The third-order valence-corrected chi connectivity index (χ3v) is 3.80. The summed E-state index contributed by atoms with van der Waals surface area (Å²) in [5, 5.41) is 4.56. The molecule has 0 saturated carbocycles. The second kappa shape index (κ2) is 4.31. The van der Waals surface area contributed by atoms with Crippen molar-refractivity contribution in [3.05, 3.63) is 48.2 Å². The first kappa shape index (κ1) is 11.0. The van der Waals surface area contributed by atoms with Crippen LogP contribution in [0.5, 0.6) is 0 Å². The van der Waals surface area contributed by atoms with Gasteiger partial charge in [0.25, 0.3) is 0 Å². The number of aryl methyl sites for hydroxylation is 1. The van der Waals surface area contributed by atoms with Gasteiger partial charge in [-0.1, -0.05) is 17.3 Å². The smallest absolute Gasteiger partial charge is 0.166 e. The lowest BCUT2D eigenvalue weighted by atomic mass is 10.0. The van der Waals surface area contributed by atoms with Crippen LogP contribution in [0.15, 0.2) is 47.1 Å². The molecule has 0 fully saturated rings. The van der Waals surface area contributed by atoms with E-state index in [1.54, 1.807) is 17.5 Å². The van der Waals surface area contributed by atoms with Crippen LogP contribution >= 0.6 is 11.3 Å². The normalized spacial score (nSPS) is 10.7. The quantitative estimate of drug-likeness (QED) is 0.755. The van der Waals surface area contributed by atoms with Gasteiger partial charge in [0.1, 0.15) is 0 Å². The number of rotatable bonds is 2. The monoisotopic (exact) mass is 256 g/mol. The van der Waals surface area contributed by atoms with E-state index in [0.717, 1.165) is 16.3 Å². The summed E-state index contributed by atoms with van der Waals surface area (Å²) >= 11 is 1.59. The average molecular weight is 256 g/mol. The number of benzene rings is 1. The summed E-state index contributed by atoms with van der Waals surface area (Å²) in [7, 11) is 0. The first-order valence-corrected chi connectivity index (χ1v) is 6.43. The van der Waals surface area contributed by atoms with E-state index in [1.807, 2.05) is 24.3 Å². The molecule has 3 rings (SSSR count). The van der Waals surface area contributed by atoms with Crippen LogP contribution in [-0.4, -0.2) is 5.16 Å². The minimum atomic E-state index is 0.778. The highest BCUT2D eigenvalue weighted by atomic mass is 32.1. The number of nitrogen functional groups attached to an aromatic ring is 1. The third-order valence-electron chi connectivity index (χ3n) is 2.85. The van der Waals surface area contributed by atoms with Crippen LogP contribution in [-0.2, 0) is 0 Å². The predicted molar refractivity (Wildman–Crippen MR) is 74.4 cm³/mol. The molecule has 3 aromatic rings. The molecule has 2 N–H and O–H groups in total. The zero-order valence-corrected chi connectivity index (χ0v) is 10.7. The topological polar surface area (TPSA) is 52.0 Å². The van der Waals surface area contributed by atoms with Gasteiger partial charge in [-0.3, -0.25) is 0 Å². The molecule has 18 heavy (non-hydrogen) atoms. The number of nitrogens with zero attached hydrogens (tertiary/aromatic N) is 1. The molecule has 0 saturated heterocycles. The second-order valence-electron chi connectivity index (χ2n) is 4.11. The number of thiophene rings is 1. The molecule has 0 spiro atoms. The van der Waals surface area contributed by atoms with E-state index in [9.17, 15) is 0 Å². The Balaban J connectivity index is 2.12. The van der Waals surface area contributed by atoms with Crippen molar-refractivity contribution < 1.29 is 4.52 Å². The summed E-state index contributed by atoms with van der Waals surface area (Å²) in [4.78, 5) is 1.17. The molecule has 0 atom stereocenters. The predicted octanol–water partition coefficient (Wildman–Crippen LogP) is 3.96. The Morgan fingerprint density at radius 1 is 1.17 bits per heavy atom. The van der Waals surface area contributed by atoms with Gasteiger partial charge in [0.2, 0.25) is 0 Å². The molecule has 0 bridgehead atoms. The van der Waals surface area contributed by atoms with E-state index in [0.29, 0.717) is 0 Å². The van der Waals surface area contributed by atoms with E-state index in [1.165, 1.54) is 16.0 Å². The second-order valence-corrected chi connectivity index (χ2v) is 5.22. The molecule has 2 heterocycles. The van der Waals surface area contributed by atoms with E-state index in [2.05, 4.69) is 24.2 Å². The van der Waals surface area contributed by atoms with Crippen molar-refractivity contribution in [3.63, 3.8) is 0 Å². The number of hydrogen-bond donors (Lipinski definition) is 1. The fourth-order valence-electron chi connectivity index (χ4n) is 1.90. The maximum absolute atomic E-state index is 5.79. The van der Waals surface area contributed by atoms with Crippen LogP contribution in [0.4, 0.5) is 5.00 Å². The van der Waals surface area contributed by atoms with Crippen molar-refractivity contribution in [2.24, 2.45) is 0 Å². The molecule has 0 radical (unpaired) electrons. The Morgan fingerprint density at radius 3 is 2.72 bits per heavy atom. The maximum Gasteiger partial charge on any atom is 0.166 e. The average Bonchev–Trinajstić information content (AvgIpc) is 3.01. The van der Waals surface area contributed by atoms with Crippen molar-refractivity contribution in [2.75, 3.05) is 5.73 Å². The third kappa shape index (κ3) is 1.91. The van der Waals surface area contributed by atoms with Crippen molar-refractivity contribution in [2.45, 2.75) is 6.92 Å². The lowest BCUT2D eigenvalue weighted by Gasteiger charge is -2.05. The fourth-order valence-corrected chi connectivity index (χ4v) is 2.76. The lowest BCUT2D eigenvalue weighted by Crippen LogP contribution is -1.82. The fraction of sp³-hybridized carbons (Fsp3) is 0.0714. The van der Waals surface area contributed by atoms with Crippen LogP contribution in [0.25, 0.3) is 21.8 Å². The molecule has 0 aliphatic rings. The molecule has 3 nitrogen and oxygen atoms in total. The minimum Gasteiger partial charge on any atom is -0.391 e. The minimum absolute atomic E-state index is 0.778. The largest absolute Gasteiger partial charge is 0.391 e. The Hall–Kier alpha value is -2.07. The van der Waals surface area contributed by atoms with Crippen LogP contribution in [0.2, 0.25) is 0 Å². The van der Waals surface area contributed by atoms with Crippen LogP contribution in [0.1, 0.15) is 5.56 Å². The highest BCUT2D eigenvalue weighted by molar-refractivity contribution is 7.19. The van der Waals surface area contributed by atoms with Gasteiger partial charge in [-0.05, 0) is 36.2 Å². The highest BCUT2D eigenvalue weighted by Gasteiger charge is 2.08. The molecule has 0 unspecified atom stereocenters. The Kier molecular flexibility index (Phi) is 2.64. The summed E-state index contributed by atoms with van der Waals surface area (Å²) in [6, 6.07) is 12.1. The molecule has 4 heteroatoms. The Labute approximate surface area is 109 Å². The molecule has 0 aliphatic carbocycles. The summed E-state index contributed by atoms with van der Waals surface area (Å²) in [5.74, 6) is 0.778. The van der Waals surface area contributed by atoms with Crippen LogP contribution in [0, 0.1) is 6.92 Å². The maximum atomic E-state index is 5.79. The lowest BCUT2D eigenvalue weighted by molar-refractivity contribution is 0.432. The van der Waals surface area contributed by atoms with Gasteiger partial charge in [0, 0.05) is 16.5 Å². The molecular weight excluding hydrogens is 244 g/mol. The number of nitrogens with two attached hydrogens (primary N) is 1. The van der Waals surface area contributed by atoms with Gasteiger partial charge in [-0.2, -0.15) is 0 Å². The standard InChI is InChI=1S/C14H12N2OS/c1-9-2-3-10(12-6-7-16-17-12)8-11(9)13-4-5-14(15)18-13/h2-8H,15H2,1H3. The van der Waals surface area contributed by atoms with E-state index in [-0.39, 0.29) is 0 Å². The van der Waals surface area contributed by atoms with Gasteiger partial charge >= 0.3 is 0 Å². The molecule has 1 aromatic carbocycles. The summed E-state index contributed by atoms with van der Waals surface area (Å²) in [5.41, 5.74) is 9.22. The van der Waals surface area contributed by atoms with Gasteiger partial charge < -0.3 is 10.3 Å². The van der Waals surface area contributed by atoms with Gasteiger partial charge in [0.15, 0.2) is 5.76 Å². The van der Waals surface area contributed by atoms with Gasteiger partial charge in [0.05, 0.1) is 11.2 Å². The van der Waals surface area contributed by atoms with E-state index >= 15 is 0 Å². The van der Waals surface area contributed by atoms with Gasteiger partial charge in [-0.25, -0.2) is 0 Å². The molecule has 2 aromatic heterocycles. The first-order valence-electron chi connectivity index (χ1n) is 5.61. The van der Waals surface area contributed by atoms with Crippen LogP contribution in [0.3, 0.4) is 0 Å². The SMILES string of the molecule is Cc1ccc(-c2ccno2)cc1-c1ccc(N)s1. The Morgan fingerprint density at radius 2 is 2.06 bits per heavy atom. The zero-order chi connectivity index (χ0) is 12.5. The number of hydrogen-bond acceptors (Lipinski definition) is 4. The van der Waals surface area contributed by atoms with Gasteiger partial charge in [-0.15, -0.1) is 11.3 Å². The molecule has 90 valence electrons. The summed E-state index contributed by atoms with van der Waals surface area (Å²) < 4.78 is 5.18. The number of anilines is 1. The van der Waals surface area contributed by atoms with E-state index < -0.39 is 0 Å². The highest BCUT2D eigenvalue weighted by Crippen LogP contribution is 2.34. The summed E-state index contributed by atoms with van der Waals surface area (Å²) in [6.45, 7) is 2.09.